The number of carbonyl (C=O) groups is 1. The van der Waals surface area contributed by atoms with Crippen molar-refractivity contribution in [1.82, 2.24) is 10.2 Å². The lowest BCUT2D eigenvalue weighted by molar-refractivity contribution is -0.159. The molecule has 2 unspecified atom stereocenters. The van der Waals surface area contributed by atoms with Crippen LogP contribution in [0, 0.1) is 11.8 Å². The van der Waals surface area contributed by atoms with Gasteiger partial charge in [0, 0.05) is 12.1 Å². The molecule has 2 rings (SSSR count). The van der Waals surface area contributed by atoms with Crippen molar-refractivity contribution in [1.29, 1.82) is 0 Å². The fourth-order valence-electron chi connectivity index (χ4n) is 4.19. The van der Waals surface area contributed by atoms with Crippen LogP contribution in [0.5, 0.6) is 0 Å². The van der Waals surface area contributed by atoms with E-state index >= 15 is 0 Å². The van der Waals surface area contributed by atoms with Crippen LogP contribution in [0.4, 0.5) is 0 Å². The van der Waals surface area contributed by atoms with Gasteiger partial charge in [0.15, 0.2) is 0 Å². The van der Waals surface area contributed by atoms with Gasteiger partial charge in [0.25, 0.3) is 0 Å². The molecule has 0 radical (unpaired) electrons. The summed E-state index contributed by atoms with van der Waals surface area (Å²) in [5, 5.41) is 3.80. The molecule has 1 heterocycles. The van der Waals surface area contributed by atoms with Crippen LogP contribution >= 0.6 is 0 Å². The third-order valence-corrected chi connectivity index (χ3v) is 5.56. The van der Waals surface area contributed by atoms with Gasteiger partial charge in [-0.3, -0.25) is 9.69 Å². The first-order valence-electron chi connectivity index (χ1n) is 9.98. The standard InChI is InChI=1S/C20H38N2O2/c1-15-9-8-10-17(22-13-6-7-14-22)18(15)21-12-11-16(2)19(23)24-20(3,4)5/h15-18,21H,6-14H2,1-5H3/t15?,16?,17-,18-/m1/s1. The predicted octanol–water partition coefficient (Wildman–Crippen LogP) is 3.60. The van der Waals surface area contributed by atoms with Gasteiger partial charge in [0.05, 0.1) is 5.92 Å². The zero-order valence-corrected chi connectivity index (χ0v) is 16.4. The number of hydrogen-bond donors (Lipinski definition) is 1. The number of ether oxygens (including phenoxy) is 1. The second kappa shape index (κ2) is 8.66. The number of hydrogen-bond acceptors (Lipinski definition) is 4. The minimum absolute atomic E-state index is 0.0409. The number of carbonyl (C=O) groups excluding carboxylic acids is 1. The molecule has 1 aliphatic heterocycles. The zero-order valence-electron chi connectivity index (χ0n) is 16.4. The average molecular weight is 339 g/mol. The first-order chi connectivity index (χ1) is 11.3. The van der Waals surface area contributed by atoms with Crippen LogP contribution in [0.2, 0.25) is 0 Å². The molecule has 0 aromatic carbocycles. The van der Waals surface area contributed by atoms with E-state index in [0.717, 1.165) is 18.9 Å². The maximum atomic E-state index is 12.1. The Morgan fingerprint density at radius 2 is 1.88 bits per heavy atom. The average Bonchev–Trinajstić information content (AvgIpc) is 3.01. The highest BCUT2D eigenvalue weighted by Crippen LogP contribution is 2.30. The maximum Gasteiger partial charge on any atom is 0.309 e. The van der Waals surface area contributed by atoms with Crippen LogP contribution in [0.1, 0.15) is 73.1 Å². The van der Waals surface area contributed by atoms with E-state index in [-0.39, 0.29) is 11.9 Å². The van der Waals surface area contributed by atoms with Gasteiger partial charge in [0.1, 0.15) is 5.60 Å². The summed E-state index contributed by atoms with van der Waals surface area (Å²) >= 11 is 0. The van der Waals surface area contributed by atoms with E-state index in [1.54, 1.807) is 0 Å². The highest BCUT2D eigenvalue weighted by Gasteiger charge is 2.35. The molecule has 24 heavy (non-hydrogen) atoms. The number of nitrogens with one attached hydrogen (secondary N) is 1. The van der Waals surface area contributed by atoms with Crippen LogP contribution in [-0.4, -0.2) is 48.2 Å². The van der Waals surface area contributed by atoms with Crippen LogP contribution in [0.25, 0.3) is 0 Å². The summed E-state index contributed by atoms with van der Waals surface area (Å²) in [5.74, 6) is 0.610. The van der Waals surface area contributed by atoms with Gasteiger partial charge in [-0.2, -0.15) is 0 Å². The van der Waals surface area contributed by atoms with E-state index in [2.05, 4.69) is 17.1 Å². The Morgan fingerprint density at radius 1 is 1.21 bits per heavy atom. The lowest BCUT2D eigenvalue weighted by atomic mass is 9.81. The fraction of sp³-hybridized carbons (Fsp3) is 0.950. The Morgan fingerprint density at radius 3 is 2.50 bits per heavy atom. The third-order valence-electron chi connectivity index (χ3n) is 5.56. The van der Waals surface area contributed by atoms with Crippen molar-refractivity contribution in [2.24, 2.45) is 11.8 Å². The summed E-state index contributed by atoms with van der Waals surface area (Å²) in [6.45, 7) is 13.6. The van der Waals surface area contributed by atoms with Gasteiger partial charge in [-0.25, -0.2) is 0 Å². The molecule has 0 amide bonds. The number of likely N-dealkylation sites (tertiary alicyclic amines) is 1. The third kappa shape index (κ3) is 5.73. The summed E-state index contributed by atoms with van der Waals surface area (Å²) in [6.07, 6.45) is 7.56. The fourth-order valence-corrected chi connectivity index (χ4v) is 4.19. The number of nitrogens with zero attached hydrogens (tertiary/aromatic N) is 1. The highest BCUT2D eigenvalue weighted by molar-refractivity contribution is 5.72. The van der Waals surface area contributed by atoms with Crippen molar-refractivity contribution in [2.75, 3.05) is 19.6 Å². The molecule has 0 aromatic heterocycles. The van der Waals surface area contributed by atoms with E-state index in [0.29, 0.717) is 12.1 Å². The van der Waals surface area contributed by atoms with Crippen molar-refractivity contribution in [3.8, 4) is 0 Å². The molecular formula is C20H38N2O2. The summed E-state index contributed by atoms with van der Waals surface area (Å²) in [4.78, 5) is 14.8. The van der Waals surface area contributed by atoms with Crippen molar-refractivity contribution in [3.05, 3.63) is 0 Å². The van der Waals surface area contributed by atoms with Gasteiger partial charge in [-0.05, 0) is 78.4 Å². The van der Waals surface area contributed by atoms with Gasteiger partial charge in [0.2, 0.25) is 0 Å². The largest absolute Gasteiger partial charge is 0.460 e. The lowest BCUT2D eigenvalue weighted by Gasteiger charge is -2.42. The molecule has 140 valence electrons. The monoisotopic (exact) mass is 338 g/mol. The van der Waals surface area contributed by atoms with Crippen molar-refractivity contribution in [2.45, 2.75) is 90.8 Å². The Labute approximate surface area is 148 Å². The molecule has 0 aromatic rings. The normalized spacial score (nSPS) is 30.3. The Hall–Kier alpha value is -0.610. The SMILES string of the molecule is CC(CCN[C@@H]1C(C)CCC[C@H]1N1CCCC1)C(=O)OC(C)(C)C. The van der Waals surface area contributed by atoms with Crippen molar-refractivity contribution >= 4 is 5.97 Å². The molecule has 4 nitrogen and oxygen atoms in total. The smallest absolute Gasteiger partial charge is 0.309 e. The Kier molecular flexibility index (Phi) is 7.11. The van der Waals surface area contributed by atoms with Crippen LogP contribution in [0.3, 0.4) is 0 Å². The molecule has 1 saturated carbocycles. The van der Waals surface area contributed by atoms with Crippen LogP contribution in [0.15, 0.2) is 0 Å². The van der Waals surface area contributed by atoms with E-state index < -0.39 is 5.60 Å². The van der Waals surface area contributed by atoms with Gasteiger partial charge < -0.3 is 10.1 Å². The van der Waals surface area contributed by atoms with Gasteiger partial charge in [-0.15, -0.1) is 0 Å². The highest BCUT2D eigenvalue weighted by atomic mass is 16.6. The van der Waals surface area contributed by atoms with E-state index in [9.17, 15) is 4.79 Å². The van der Waals surface area contributed by atoms with Crippen LogP contribution < -0.4 is 5.32 Å². The topological polar surface area (TPSA) is 41.6 Å². The molecule has 1 aliphatic carbocycles. The molecule has 2 fully saturated rings. The second-order valence-corrected chi connectivity index (χ2v) is 8.92. The number of rotatable bonds is 6. The molecule has 2 aliphatic rings. The molecule has 0 spiro atoms. The van der Waals surface area contributed by atoms with Crippen molar-refractivity contribution < 1.29 is 9.53 Å². The molecule has 4 atom stereocenters. The van der Waals surface area contributed by atoms with E-state index in [1.807, 2.05) is 27.7 Å². The minimum Gasteiger partial charge on any atom is -0.460 e. The van der Waals surface area contributed by atoms with Gasteiger partial charge in [-0.1, -0.05) is 20.3 Å². The number of esters is 1. The Bertz CT molecular complexity index is 399. The van der Waals surface area contributed by atoms with Crippen LogP contribution in [-0.2, 0) is 9.53 Å². The summed E-state index contributed by atoms with van der Waals surface area (Å²) < 4.78 is 5.49. The molecule has 1 N–H and O–H groups in total. The summed E-state index contributed by atoms with van der Waals surface area (Å²) in [6, 6.07) is 1.26. The molecule has 0 bridgehead atoms. The molecule has 4 heteroatoms. The molecular weight excluding hydrogens is 300 g/mol. The first kappa shape index (κ1) is 19.7. The molecule has 1 saturated heterocycles. The maximum absolute atomic E-state index is 12.1. The second-order valence-electron chi connectivity index (χ2n) is 8.92. The summed E-state index contributed by atoms with van der Waals surface area (Å²) in [7, 11) is 0. The predicted molar refractivity (Wildman–Crippen MR) is 99.0 cm³/mol. The van der Waals surface area contributed by atoms with E-state index in [1.165, 1.54) is 45.2 Å². The Balaban J connectivity index is 1.80. The summed E-state index contributed by atoms with van der Waals surface area (Å²) in [5.41, 5.74) is -0.391. The quantitative estimate of drug-likeness (QED) is 0.752. The van der Waals surface area contributed by atoms with Gasteiger partial charge >= 0.3 is 5.97 Å². The van der Waals surface area contributed by atoms with Crippen molar-refractivity contribution in [3.63, 3.8) is 0 Å². The lowest BCUT2D eigenvalue weighted by Crippen LogP contribution is -2.54. The zero-order chi connectivity index (χ0) is 17.7. The minimum atomic E-state index is -0.391. The first-order valence-corrected chi connectivity index (χ1v) is 9.98. The van der Waals surface area contributed by atoms with E-state index in [4.69, 9.17) is 4.74 Å².